The first kappa shape index (κ1) is 18.3. The minimum atomic E-state index is -3.63. The molecule has 0 radical (unpaired) electrons. The number of hydrogen-bond acceptors (Lipinski definition) is 3. The summed E-state index contributed by atoms with van der Waals surface area (Å²) in [4.78, 5) is 0.281. The average molecular weight is 363 g/mol. The van der Waals surface area contributed by atoms with E-state index in [-0.39, 0.29) is 17.3 Å². The largest absolute Gasteiger partial charge is 0.316 e. The van der Waals surface area contributed by atoms with Crippen LogP contribution in [0.25, 0.3) is 11.3 Å². The van der Waals surface area contributed by atoms with Crippen molar-refractivity contribution < 1.29 is 8.42 Å². The molecule has 0 aliphatic rings. The highest BCUT2D eigenvalue weighted by Gasteiger charge is 2.21. The second-order valence-corrected chi connectivity index (χ2v) is 7.06. The topological polar surface area (TPSA) is 51.1 Å². The van der Waals surface area contributed by atoms with Crippen LogP contribution in [0.4, 0.5) is 0 Å². The fourth-order valence-corrected chi connectivity index (χ4v) is 3.94. The molecule has 3 rings (SSSR count). The monoisotopic (exact) mass is 362 g/mol. The van der Waals surface area contributed by atoms with Gasteiger partial charge in [0.05, 0.1) is 10.6 Å². The van der Waals surface area contributed by atoms with Gasteiger partial charge in [0, 0.05) is 12.7 Å². The van der Waals surface area contributed by atoms with E-state index in [4.69, 9.17) is 0 Å². The third kappa shape index (κ3) is 3.53. The Hall–Kier alpha value is -2.08. The van der Waals surface area contributed by atoms with Crippen molar-refractivity contribution in [2.24, 2.45) is 0 Å². The molecule has 0 atom stereocenters. The molecule has 2 aromatic carbocycles. The Labute approximate surface area is 148 Å². The van der Waals surface area contributed by atoms with Crippen molar-refractivity contribution in [3.05, 3.63) is 78.5 Å². The van der Waals surface area contributed by atoms with Gasteiger partial charge in [0.2, 0.25) is 0 Å². The van der Waals surface area contributed by atoms with Crippen molar-refractivity contribution in [2.45, 2.75) is 11.4 Å². The second-order valence-electron chi connectivity index (χ2n) is 5.24. The zero-order chi connectivity index (χ0) is 16.3. The van der Waals surface area contributed by atoms with Gasteiger partial charge in [-0.15, -0.1) is 12.4 Å². The molecule has 3 aromatic rings. The molecule has 0 saturated carbocycles. The maximum absolute atomic E-state index is 13.0. The maximum atomic E-state index is 13.0. The van der Waals surface area contributed by atoms with Gasteiger partial charge in [-0.2, -0.15) is 0 Å². The SMILES string of the molecule is CNCc1cc(-c2ccccc2)n(S(=O)(=O)c2ccccc2)c1.Cl. The summed E-state index contributed by atoms with van der Waals surface area (Å²) in [6.45, 7) is 0.608. The third-order valence-corrected chi connectivity index (χ3v) is 5.28. The summed E-state index contributed by atoms with van der Waals surface area (Å²) in [5, 5.41) is 3.06. The molecule has 0 saturated heterocycles. The normalized spacial score (nSPS) is 11.0. The van der Waals surface area contributed by atoms with Gasteiger partial charge in [0.1, 0.15) is 0 Å². The quantitative estimate of drug-likeness (QED) is 0.755. The molecular formula is C18H19ClN2O2S. The first-order valence-corrected chi connectivity index (χ1v) is 8.79. The molecule has 0 aliphatic heterocycles. The van der Waals surface area contributed by atoms with E-state index in [1.807, 2.05) is 43.4 Å². The summed E-state index contributed by atoms with van der Waals surface area (Å²) >= 11 is 0. The van der Waals surface area contributed by atoms with Crippen LogP contribution in [-0.4, -0.2) is 19.4 Å². The smallest absolute Gasteiger partial charge is 0.268 e. The number of nitrogens with zero attached hydrogens (tertiary/aromatic N) is 1. The summed E-state index contributed by atoms with van der Waals surface area (Å²) in [6.07, 6.45) is 1.68. The van der Waals surface area contributed by atoms with Crippen molar-refractivity contribution in [2.75, 3.05) is 7.05 Å². The number of halogens is 1. The lowest BCUT2D eigenvalue weighted by Gasteiger charge is -2.10. The van der Waals surface area contributed by atoms with Gasteiger partial charge in [-0.3, -0.25) is 0 Å². The van der Waals surface area contributed by atoms with Crippen molar-refractivity contribution in [1.29, 1.82) is 0 Å². The maximum Gasteiger partial charge on any atom is 0.268 e. The molecule has 0 fully saturated rings. The first-order valence-electron chi connectivity index (χ1n) is 7.35. The van der Waals surface area contributed by atoms with Gasteiger partial charge in [0.15, 0.2) is 0 Å². The standard InChI is InChI=1S/C18H18N2O2S.ClH/c1-19-13-15-12-18(16-8-4-2-5-9-16)20(14-15)23(21,22)17-10-6-3-7-11-17;/h2-12,14,19H,13H2,1H3;1H. The van der Waals surface area contributed by atoms with Gasteiger partial charge in [-0.25, -0.2) is 12.4 Å². The first-order chi connectivity index (χ1) is 11.1. The molecule has 0 amide bonds. The Kier molecular flexibility index (Phi) is 5.83. The van der Waals surface area contributed by atoms with Gasteiger partial charge < -0.3 is 5.32 Å². The summed E-state index contributed by atoms with van der Waals surface area (Å²) in [6, 6.07) is 19.9. The second kappa shape index (κ2) is 7.66. The van der Waals surface area contributed by atoms with E-state index in [0.29, 0.717) is 12.2 Å². The Morgan fingerprint density at radius 3 is 2.12 bits per heavy atom. The van der Waals surface area contributed by atoms with Crippen molar-refractivity contribution in [1.82, 2.24) is 9.29 Å². The Balaban J connectivity index is 0.00000208. The third-order valence-electron chi connectivity index (χ3n) is 3.59. The number of aromatic nitrogens is 1. The van der Waals surface area contributed by atoms with Crippen molar-refractivity contribution in [3.63, 3.8) is 0 Å². The lowest BCUT2D eigenvalue weighted by Crippen LogP contribution is -2.13. The van der Waals surface area contributed by atoms with E-state index < -0.39 is 10.0 Å². The van der Waals surface area contributed by atoms with Crippen LogP contribution in [0, 0.1) is 0 Å². The van der Waals surface area contributed by atoms with Crippen LogP contribution in [-0.2, 0) is 16.6 Å². The molecule has 1 aromatic heterocycles. The average Bonchev–Trinajstić information content (AvgIpc) is 3.02. The lowest BCUT2D eigenvalue weighted by atomic mass is 10.1. The van der Waals surface area contributed by atoms with E-state index in [0.717, 1.165) is 11.1 Å². The van der Waals surface area contributed by atoms with Gasteiger partial charge >= 0.3 is 0 Å². The summed E-state index contributed by atoms with van der Waals surface area (Å²) in [7, 11) is -1.79. The summed E-state index contributed by atoms with van der Waals surface area (Å²) in [5.41, 5.74) is 2.46. The minimum Gasteiger partial charge on any atom is -0.316 e. The highest BCUT2D eigenvalue weighted by atomic mass is 35.5. The molecule has 6 heteroatoms. The molecule has 126 valence electrons. The molecule has 0 unspecified atom stereocenters. The van der Waals surface area contributed by atoms with E-state index in [1.54, 1.807) is 36.5 Å². The van der Waals surface area contributed by atoms with Crippen LogP contribution in [0.5, 0.6) is 0 Å². The van der Waals surface area contributed by atoms with E-state index in [1.165, 1.54) is 3.97 Å². The molecule has 4 nitrogen and oxygen atoms in total. The van der Waals surface area contributed by atoms with Crippen LogP contribution in [0.15, 0.2) is 77.8 Å². The van der Waals surface area contributed by atoms with Crippen LogP contribution in [0.3, 0.4) is 0 Å². The van der Waals surface area contributed by atoms with Gasteiger partial charge in [-0.1, -0.05) is 48.5 Å². The van der Waals surface area contributed by atoms with Crippen LogP contribution < -0.4 is 5.32 Å². The predicted molar refractivity (Wildman–Crippen MR) is 98.9 cm³/mol. The van der Waals surface area contributed by atoms with Crippen LogP contribution in [0.1, 0.15) is 5.56 Å². The number of benzene rings is 2. The zero-order valence-electron chi connectivity index (χ0n) is 13.2. The van der Waals surface area contributed by atoms with Crippen LogP contribution in [0.2, 0.25) is 0 Å². The van der Waals surface area contributed by atoms with Gasteiger partial charge in [0.25, 0.3) is 10.0 Å². The van der Waals surface area contributed by atoms with E-state index >= 15 is 0 Å². The fourth-order valence-electron chi connectivity index (χ4n) is 2.52. The predicted octanol–water partition coefficient (Wildman–Crippen LogP) is 3.53. The molecule has 1 N–H and O–H groups in total. The van der Waals surface area contributed by atoms with Crippen LogP contribution >= 0.6 is 12.4 Å². The Bertz CT molecular complexity index is 891. The van der Waals surface area contributed by atoms with Crippen molar-refractivity contribution >= 4 is 22.4 Å². The Morgan fingerprint density at radius 1 is 0.958 bits per heavy atom. The van der Waals surface area contributed by atoms with E-state index in [9.17, 15) is 8.42 Å². The summed E-state index contributed by atoms with van der Waals surface area (Å²) in [5.74, 6) is 0. The van der Waals surface area contributed by atoms with E-state index in [2.05, 4.69) is 5.32 Å². The fraction of sp³-hybridized carbons (Fsp3) is 0.111. The molecular weight excluding hydrogens is 344 g/mol. The van der Waals surface area contributed by atoms with Gasteiger partial charge in [-0.05, 0) is 36.4 Å². The number of hydrogen-bond donors (Lipinski definition) is 1. The van der Waals surface area contributed by atoms with Crippen molar-refractivity contribution in [3.8, 4) is 11.3 Å². The number of rotatable bonds is 5. The zero-order valence-corrected chi connectivity index (χ0v) is 14.8. The minimum absolute atomic E-state index is 0. The molecule has 1 heterocycles. The number of nitrogens with one attached hydrogen (secondary N) is 1. The highest BCUT2D eigenvalue weighted by Crippen LogP contribution is 2.27. The lowest BCUT2D eigenvalue weighted by molar-refractivity contribution is 0.588. The molecule has 0 spiro atoms. The highest BCUT2D eigenvalue weighted by molar-refractivity contribution is 7.90. The summed E-state index contributed by atoms with van der Waals surface area (Å²) < 4.78 is 27.3. The molecule has 0 aliphatic carbocycles. The molecule has 0 bridgehead atoms. The Morgan fingerprint density at radius 2 is 1.54 bits per heavy atom. The molecule has 24 heavy (non-hydrogen) atoms.